The number of benzene rings is 2. The van der Waals surface area contributed by atoms with Gasteiger partial charge in [0, 0.05) is 12.1 Å². The van der Waals surface area contributed by atoms with Gasteiger partial charge in [0.25, 0.3) is 5.91 Å². The number of carbonyl (C=O) groups excluding carboxylic acids is 2. The summed E-state index contributed by atoms with van der Waals surface area (Å²) in [6.45, 7) is 4.02. The standard InChI is InChI=1S/C22H29N3O3/c1-15-8-6-10-18(12-15)22(27)24-16(2)21(26)23-14-20(25(3)4)17-9-7-11-19(13-17)28-5/h6-13,16,20H,14H2,1-5H3,(H,23,26)(H,24,27). The van der Waals surface area contributed by atoms with E-state index in [1.807, 2.05) is 62.3 Å². The number of nitrogens with zero attached hydrogens (tertiary/aromatic N) is 1. The SMILES string of the molecule is COc1cccc(C(CNC(=O)C(C)NC(=O)c2cccc(C)c2)N(C)C)c1. The number of nitrogens with one attached hydrogen (secondary N) is 2. The Hall–Kier alpha value is -2.86. The van der Waals surface area contributed by atoms with Gasteiger partial charge < -0.3 is 20.3 Å². The smallest absolute Gasteiger partial charge is 0.251 e. The minimum Gasteiger partial charge on any atom is -0.497 e. The van der Waals surface area contributed by atoms with E-state index in [1.54, 1.807) is 26.2 Å². The van der Waals surface area contributed by atoms with Crippen LogP contribution in [0.5, 0.6) is 5.75 Å². The average molecular weight is 383 g/mol. The van der Waals surface area contributed by atoms with Gasteiger partial charge in [-0.3, -0.25) is 9.59 Å². The van der Waals surface area contributed by atoms with Crippen molar-refractivity contribution in [3.63, 3.8) is 0 Å². The lowest BCUT2D eigenvalue weighted by atomic mass is 10.1. The van der Waals surface area contributed by atoms with Crippen molar-refractivity contribution in [1.29, 1.82) is 0 Å². The second-order valence-electron chi connectivity index (χ2n) is 7.07. The first-order valence-electron chi connectivity index (χ1n) is 9.27. The van der Waals surface area contributed by atoms with E-state index in [2.05, 4.69) is 10.6 Å². The lowest BCUT2D eigenvalue weighted by Gasteiger charge is -2.26. The maximum absolute atomic E-state index is 12.5. The van der Waals surface area contributed by atoms with Crippen molar-refractivity contribution in [1.82, 2.24) is 15.5 Å². The molecule has 0 spiro atoms. The first-order chi connectivity index (χ1) is 13.3. The van der Waals surface area contributed by atoms with Crippen molar-refractivity contribution < 1.29 is 14.3 Å². The molecule has 2 atom stereocenters. The van der Waals surface area contributed by atoms with Crippen LogP contribution in [0.3, 0.4) is 0 Å². The van der Waals surface area contributed by atoms with Crippen LogP contribution in [-0.2, 0) is 4.79 Å². The van der Waals surface area contributed by atoms with E-state index in [4.69, 9.17) is 4.74 Å². The van der Waals surface area contributed by atoms with Crippen LogP contribution in [0.25, 0.3) is 0 Å². The molecule has 0 radical (unpaired) electrons. The van der Waals surface area contributed by atoms with Crippen LogP contribution in [0.15, 0.2) is 48.5 Å². The van der Waals surface area contributed by atoms with Crippen molar-refractivity contribution in [2.45, 2.75) is 25.9 Å². The Bertz CT molecular complexity index is 820. The summed E-state index contributed by atoms with van der Waals surface area (Å²) in [4.78, 5) is 26.9. The van der Waals surface area contributed by atoms with E-state index in [0.29, 0.717) is 12.1 Å². The van der Waals surface area contributed by atoms with E-state index >= 15 is 0 Å². The molecule has 28 heavy (non-hydrogen) atoms. The van der Waals surface area contributed by atoms with Crippen LogP contribution in [0.2, 0.25) is 0 Å². The van der Waals surface area contributed by atoms with E-state index in [9.17, 15) is 9.59 Å². The minimum atomic E-state index is -0.638. The van der Waals surface area contributed by atoms with E-state index in [-0.39, 0.29) is 17.9 Å². The average Bonchev–Trinajstić information content (AvgIpc) is 2.67. The second-order valence-corrected chi connectivity index (χ2v) is 7.07. The van der Waals surface area contributed by atoms with Gasteiger partial charge in [0.2, 0.25) is 5.91 Å². The molecule has 2 aromatic rings. The Morgan fingerprint density at radius 1 is 1.11 bits per heavy atom. The molecule has 2 N–H and O–H groups in total. The highest BCUT2D eigenvalue weighted by Gasteiger charge is 2.20. The summed E-state index contributed by atoms with van der Waals surface area (Å²) in [6, 6.07) is 14.4. The zero-order valence-electron chi connectivity index (χ0n) is 17.2. The van der Waals surface area contributed by atoms with Gasteiger partial charge in [0.05, 0.1) is 13.2 Å². The Balaban J connectivity index is 1.97. The maximum atomic E-state index is 12.5. The van der Waals surface area contributed by atoms with E-state index in [1.165, 1.54) is 0 Å². The molecule has 0 aliphatic rings. The number of aryl methyl sites for hydroxylation is 1. The van der Waals surface area contributed by atoms with Gasteiger partial charge in [-0.2, -0.15) is 0 Å². The molecule has 0 heterocycles. The van der Waals surface area contributed by atoms with Gasteiger partial charge in [-0.05, 0) is 57.8 Å². The molecule has 0 aliphatic carbocycles. The first kappa shape index (κ1) is 21.4. The summed E-state index contributed by atoms with van der Waals surface area (Å²) in [5.41, 5.74) is 2.58. The fraction of sp³-hybridized carbons (Fsp3) is 0.364. The fourth-order valence-electron chi connectivity index (χ4n) is 2.93. The third-order valence-electron chi connectivity index (χ3n) is 4.59. The molecular formula is C22H29N3O3. The summed E-state index contributed by atoms with van der Waals surface area (Å²) in [6.07, 6.45) is 0. The van der Waals surface area contributed by atoms with Crippen LogP contribution in [0.1, 0.15) is 34.5 Å². The topological polar surface area (TPSA) is 70.7 Å². The number of methoxy groups -OCH3 is 1. The van der Waals surface area contributed by atoms with Crippen molar-refractivity contribution in [3.05, 3.63) is 65.2 Å². The van der Waals surface area contributed by atoms with Gasteiger partial charge in [-0.15, -0.1) is 0 Å². The summed E-state index contributed by atoms with van der Waals surface area (Å²) < 4.78 is 5.29. The molecule has 2 amide bonds. The van der Waals surface area contributed by atoms with Crippen LogP contribution in [0.4, 0.5) is 0 Å². The summed E-state index contributed by atoms with van der Waals surface area (Å²) in [5.74, 6) is 0.286. The highest BCUT2D eigenvalue weighted by atomic mass is 16.5. The third-order valence-corrected chi connectivity index (χ3v) is 4.59. The fourth-order valence-corrected chi connectivity index (χ4v) is 2.93. The summed E-state index contributed by atoms with van der Waals surface area (Å²) >= 11 is 0. The Labute approximate surface area is 166 Å². The van der Waals surface area contributed by atoms with Gasteiger partial charge in [-0.25, -0.2) is 0 Å². The largest absolute Gasteiger partial charge is 0.497 e. The Kier molecular flexibility index (Phi) is 7.58. The molecule has 0 aromatic heterocycles. The number of likely N-dealkylation sites (N-methyl/N-ethyl adjacent to an activating group) is 1. The predicted octanol–water partition coefficient (Wildman–Crippen LogP) is 2.54. The Morgan fingerprint density at radius 3 is 2.46 bits per heavy atom. The molecule has 150 valence electrons. The molecule has 6 heteroatoms. The third kappa shape index (κ3) is 5.82. The second kappa shape index (κ2) is 9.90. The number of carbonyl (C=O) groups is 2. The summed E-state index contributed by atoms with van der Waals surface area (Å²) in [5, 5.41) is 5.68. The van der Waals surface area contributed by atoms with E-state index in [0.717, 1.165) is 16.9 Å². The molecule has 2 rings (SSSR count). The number of hydrogen-bond acceptors (Lipinski definition) is 4. The highest BCUT2D eigenvalue weighted by Crippen LogP contribution is 2.22. The molecule has 2 unspecified atom stereocenters. The minimum absolute atomic E-state index is 0.0151. The van der Waals surface area contributed by atoms with E-state index < -0.39 is 6.04 Å². The zero-order valence-corrected chi connectivity index (χ0v) is 17.2. The zero-order chi connectivity index (χ0) is 20.7. The van der Waals surface area contributed by atoms with Crippen LogP contribution < -0.4 is 15.4 Å². The van der Waals surface area contributed by atoms with Gasteiger partial charge in [-0.1, -0.05) is 29.8 Å². The maximum Gasteiger partial charge on any atom is 0.251 e. The van der Waals surface area contributed by atoms with Gasteiger partial charge >= 0.3 is 0 Å². The Morgan fingerprint density at radius 2 is 1.82 bits per heavy atom. The van der Waals surface area contributed by atoms with Crippen LogP contribution >= 0.6 is 0 Å². The summed E-state index contributed by atoms with van der Waals surface area (Å²) in [7, 11) is 5.54. The van der Waals surface area contributed by atoms with Crippen molar-refractivity contribution in [2.24, 2.45) is 0 Å². The molecule has 0 saturated carbocycles. The lowest BCUT2D eigenvalue weighted by Crippen LogP contribution is -2.46. The quantitative estimate of drug-likeness (QED) is 0.735. The number of hydrogen-bond donors (Lipinski definition) is 2. The molecule has 6 nitrogen and oxygen atoms in total. The van der Waals surface area contributed by atoms with Gasteiger partial charge in [0.1, 0.15) is 11.8 Å². The van der Waals surface area contributed by atoms with Gasteiger partial charge in [0.15, 0.2) is 0 Å². The lowest BCUT2D eigenvalue weighted by molar-refractivity contribution is -0.122. The number of ether oxygens (including phenoxy) is 1. The molecule has 0 saturated heterocycles. The highest BCUT2D eigenvalue weighted by molar-refractivity contribution is 5.97. The van der Waals surface area contributed by atoms with Crippen LogP contribution in [-0.4, -0.2) is 50.5 Å². The monoisotopic (exact) mass is 383 g/mol. The van der Waals surface area contributed by atoms with Crippen molar-refractivity contribution >= 4 is 11.8 Å². The molecule has 0 aliphatic heterocycles. The number of amides is 2. The first-order valence-corrected chi connectivity index (χ1v) is 9.27. The van der Waals surface area contributed by atoms with Crippen LogP contribution in [0, 0.1) is 6.92 Å². The molecule has 0 bridgehead atoms. The van der Waals surface area contributed by atoms with Crippen molar-refractivity contribution in [2.75, 3.05) is 27.7 Å². The molecule has 0 fully saturated rings. The number of rotatable bonds is 8. The predicted molar refractivity (Wildman–Crippen MR) is 111 cm³/mol. The van der Waals surface area contributed by atoms with Crippen molar-refractivity contribution in [3.8, 4) is 5.75 Å². The molecular weight excluding hydrogens is 354 g/mol. The normalized spacial score (nSPS) is 12.9. The molecule has 2 aromatic carbocycles.